The van der Waals surface area contributed by atoms with Gasteiger partial charge < -0.3 is 9.47 Å². The van der Waals surface area contributed by atoms with Crippen LogP contribution in [0.2, 0.25) is 0 Å². The van der Waals surface area contributed by atoms with Crippen molar-refractivity contribution in [3.8, 4) is 5.75 Å². The molecular weight excluding hydrogens is 474 g/mol. The van der Waals surface area contributed by atoms with E-state index in [0.717, 1.165) is 22.4 Å². The predicted octanol–water partition coefficient (Wildman–Crippen LogP) is 6.79. The van der Waals surface area contributed by atoms with Crippen LogP contribution in [-0.2, 0) is 20.9 Å². The van der Waals surface area contributed by atoms with Crippen LogP contribution in [0, 0.1) is 5.92 Å². The molecule has 0 amide bonds. The third-order valence-corrected chi connectivity index (χ3v) is 7.26. The molecule has 0 aromatic heterocycles. The summed E-state index contributed by atoms with van der Waals surface area (Å²) in [5.74, 6) is -0.846. The molecule has 1 aliphatic carbocycles. The lowest BCUT2D eigenvalue weighted by atomic mass is 9.69. The average Bonchev–Trinajstić information content (AvgIpc) is 2.92. The molecule has 2 aliphatic rings. The third kappa shape index (κ3) is 5.33. The number of carbonyl (C=O) groups excluding carboxylic acids is 2. The molecule has 1 unspecified atom stereocenters. The van der Waals surface area contributed by atoms with E-state index in [9.17, 15) is 9.59 Å². The third-order valence-electron chi connectivity index (χ3n) is 7.26. The summed E-state index contributed by atoms with van der Waals surface area (Å²) in [5.41, 5.74) is 5.03. The topological polar surface area (TPSA) is 65.0 Å². The second-order valence-corrected chi connectivity index (χ2v) is 10.3. The first kappa shape index (κ1) is 25.7. The van der Waals surface area contributed by atoms with Crippen molar-refractivity contribution in [2.45, 2.75) is 58.2 Å². The van der Waals surface area contributed by atoms with Crippen LogP contribution in [0.4, 0.5) is 0 Å². The van der Waals surface area contributed by atoms with Crippen molar-refractivity contribution in [2.24, 2.45) is 10.9 Å². The lowest BCUT2D eigenvalue weighted by molar-refractivity contribution is -0.150. The molecule has 5 heteroatoms. The number of Topliss-reactive ketones (excluding diaryl/α,β-unsaturated/α-hetero) is 1. The van der Waals surface area contributed by atoms with Crippen LogP contribution in [0.5, 0.6) is 5.75 Å². The van der Waals surface area contributed by atoms with E-state index in [4.69, 9.17) is 14.5 Å². The number of aliphatic imine (C=N–C) groups is 1. The van der Waals surface area contributed by atoms with E-state index >= 15 is 0 Å². The second kappa shape index (κ2) is 11.2. The van der Waals surface area contributed by atoms with Crippen molar-refractivity contribution in [2.75, 3.05) is 0 Å². The highest BCUT2D eigenvalue weighted by Crippen LogP contribution is 2.48. The van der Waals surface area contributed by atoms with Gasteiger partial charge in [0, 0.05) is 34.9 Å². The highest BCUT2D eigenvalue weighted by Gasteiger charge is 2.45. The summed E-state index contributed by atoms with van der Waals surface area (Å²) in [4.78, 5) is 32.2. The minimum atomic E-state index is -0.699. The van der Waals surface area contributed by atoms with E-state index in [0.29, 0.717) is 36.5 Å². The minimum absolute atomic E-state index is 0.0292. The van der Waals surface area contributed by atoms with Crippen LogP contribution < -0.4 is 4.74 Å². The van der Waals surface area contributed by atoms with Crippen molar-refractivity contribution in [1.82, 2.24) is 0 Å². The van der Waals surface area contributed by atoms with Crippen LogP contribution in [-0.4, -0.2) is 23.6 Å². The highest BCUT2D eigenvalue weighted by atomic mass is 16.5. The summed E-state index contributed by atoms with van der Waals surface area (Å²) in [6, 6.07) is 27.8. The Labute approximate surface area is 224 Å². The van der Waals surface area contributed by atoms with Gasteiger partial charge in [-0.2, -0.15) is 0 Å². The Bertz CT molecular complexity index is 1370. The molecule has 0 radical (unpaired) electrons. The zero-order chi connectivity index (χ0) is 26.6. The number of nitrogens with zero attached hydrogens (tertiary/aromatic N) is 1. The molecule has 0 saturated heterocycles. The van der Waals surface area contributed by atoms with Gasteiger partial charge in [0.15, 0.2) is 5.78 Å². The van der Waals surface area contributed by atoms with Gasteiger partial charge in [0.05, 0.1) is 6.10 Å². The van der Waals surface area contributed by atoms with E-state index in [1.54, 1.807) is 0 Å². The van der Waals surface area contributed by atoms with Gasteiger partial charge in [0.2, 0.25) is 0 Å². The van der Waals surface area contributed by atoms with E-state index in [1.807, 2.05) is 93.6 Å². The van der Waals surface area contributed by atoms with Gasteiger partial charge in [-0.25, -0.2) is 0 Å². The molecular formula is C33H33NO4. The summed E-state index contributed by atoms with van der Waals surface area (Å²) >= 11 is 0. The Morgan fingerprint density at radius 1 is 0.921 bits per heavy atom. The summed E-state index contributed by atoms with van der Waals surface area (Å²) < 4.78 is 12.0. The maximum absolute atomic E-state index is 13.9. The van der Waals surface area contributed by atoms with Crippen molar-refractivity contribution < 1.29 is 19.1 Å². The van der Waals surface area contributed by atoms with Gasteiger partial charge >= 0.3 is 5.97 Å². The molecule has 5 nitrogen and oxygen atoms in total. The molecule has 0 N–H and O–H groups in total. The second-order valence-electron chi connectivity index (χ2n) is 10.3. The van der Waals surface area contributed by atoms with Gasteiger partial charge in [0.1, 0.15) is 18.3 Å². The molecule has 38 heavy (non-hydrogen) atoms. The molecule has 0 spiro atoms. The van der Waals surface area contributed by atoms with Crippen LogP contribution in [0.15, 0.2) is 101 Å². The first-order valence-electron chi connectivity index (χ1n) is 13.2. The fourth-order valence-corrected chi connectivity index (χ4v) is 5.57. The number of rotatable bonds is 7. The lowest BCUT2D eigenvalue weighted by Crippen LogP contribution is -2.39. The van der Waals surface area contributed by atoms with Gasteiger partial charge in [0.25, 0.3) is 0 Å². The maximum Gasteiger partial charge on any atom is 0.315 e. The summed E-state index contributed by atoms with van der Waals surface area (Å²) in [6.45, 7) is 5.92. The molecule has 0 bridgehead atoms. The highest BCUT2D eigenvalue weighted by molar-refractivity contribution is 6.09. The van der Waals surface area contributed by atoms with Crippen LogP contribution in [0.3, 0.4) is 0 Å². The first-order chi connectivity index (χ1) is 18.4. The Morgan fingerprint density at radius 2 is 1.58 bits per heavy atom. The quantitative estimate of drug-likeness (QED) is 0.330. The Kier molecular flexibility index (Phi) is 7.54. The largest absolute Gasteiger partial charge is 0.489 e. The fraction of sp³-hybridized carbons (Fsp3) is 0.303. The molecule has 3 atom stereocenters. The van der Waals surface area contributed by atoms with Gasteiger partial charge in [-0.3, -0.25) is 14.6 Å². The van der Waals surface area contributed by atoms with Gasteiger partial charge in [-0.15, -0.1) is 0 Å². The zero-order valence-electron chi connectivity index (χ0n) is 22.1. The fourth-order valence-electron chi connectivity index (χ4n) is 5.57. The number of ether oxygens (including phenoxy) is 2. The van der Waals surface area contributed by atoms with E-state index in [2.05, 4.69) is 12.1 Å². The molecule has 1 heterocycles. The number of hydrogen-bond acceptors (Lipinski definition) is 5. The number of allylic oxidation sites excluding steroid dienone is 2. The maximum atomic E-state index is 13.9. The molecule has 1 aliphatic heterocycles. The smallest absolute Gasteiger partial charge is 0.315 e. The molecule has 0 saturated carbocycles. The SMILES string of the molecule is CC1=NC2=C(C(=O)C[C@H](c3ccccc3)C2)[C@H](c2ccccc2OCc2ccccc2)C1C(=O)OC(C)C. The Morgan fingerprint density at radius 3 is 2.29 bits per heavy atom. The molecule has 3 aromatic carbocycles. The molecule has 3 aromatic rings. The summed E-state index contributed by atoms with van der Waals surface area (Å²) in [5, 5.41) is 0. The lowest BCUT2D eigenvalue weighted by Gasteiger charge is -2.37. The zero-order valence-corrected chi connectivity index (χ0v) is 22.1. The predicted molar refractivity (Wildman–Crippen MR) is 148 cm³/mol. The van der Waals surface area contributed by atoms with Crippen molar-refractivity contribution >= 4 is 17.5 Å². The van der Waals surface area contributed by atoms with E-state index in [1.165, 1.54) is 0 Å². The Hall–Kier alpha value is -3.99. The summed E-state index contributed by atoms with van der Waals surface area (Å²) in [6.07, 6.45) is 0.755. The molecule has 0 fully saturated rings. The van der Waals surface area contributed by atoms with E-state index in [-0.39, 0.29) is 23.8 Å². The average molecular weight is 508 g/mol. The Balaban J connectivity index is 1.57. The van der Waals surface area contributed by atoms with Crippen LogP contribution in [0.25, 0.3) is 0 Å². The minimum Gasteiger partial charge on any atom is -0.489 e. The van der Waals surface area contributed by atoms with Crippen molar-refractivity contribution in [1.29, 1.82) is 0 Å². The molecule has 5 rings (SSSR count). The number of carbonyl (C=O) groups is 2. The first-order valence-corrected chi connectivity index (χ1v) is 13.2. The number of para-hydroxylation sites is 1. The van der Waals surface area contributed by atoms with E-state index < -0.39 is 11.8 Å². The summed E-state index contributed by atoms with van der Waals surface area (Å²) in [7, 11) is 0. The molecule has 194 valence electrons. The number of hydrogen-bond donors (Lipinski definition) is 0. The number of esters is 1. The van der Waals surface area contributed by atoms with Crippen molar-refractivity contribution in [3.63, 3.8) is 0 Å². The van der Waals surface area contributed by atoms with Crippen LogP contribution in [0.1, 0.15) is 62.1 Å². The normalized spacial score (nSPS) is 21.1. The number of benzene rings is 3. The van der Waals surface area contributed by atoms with Crippen molar-refractivity contribution in [3.05, 3.63) is 113 Å². The number of ketones is 1. The monoisotopic (exact) mass is 507 g/mol. The van der Waals surface area contributed by atoms with Gasteiger partial charge in [-0.05, 0) is 50.3 Å². The van der Waals surface area contributed by atoms with Crippen LogP contribution >= 0.6 is 0 Å². The van der Waals surface area contributed by atoms with Gasteiger partial charge in [-0.1, -0.05) is 78.9 Å². The standard InChI is InChI=1S/C33H33NO4/c1-21(2)38-33(36)30-22(3)34-27-18-25(24-14-8-5-9-15-24)19-28(35)32(27)31(30)26-16-10-11-17-29(26)37-20-23-12-6-4-7-13-23/h4-17,21,25,30-31H,18-20H2,1-3H3/t25-,30?,31-/m1/s1.